The highest BCUT2D eigenvalue weighted by molar-refractivity contribution is 6.01. The fraction of sp³-hybridized carbons (Fsp3) is 0.353. The molecular formula is C34H40N4O6. The first-order chi connectivity index (χ1) is 21.4. The van der Waals surface area contributed by atoms with Gasteiger partial charge in [0.1, 0.15) is 23.6 Å². The van der Waals surface area contributed by atoms with Crippen LogP contribution in [0.3, 0.4) is 0 Å². The minimum atomic E-state index is -1.21. The van der Waals surface area contributed by atoms with E-state index in [2.05, 4.69) is 21.3 Å². The monoisotopic (exact) mass is 600 g/mol. The number of fused-ring (bicyclic) bond motifs is 1. The maximum Gasteiger partial charge on any atom is 0.255 e. The van der Waals surface area contributed by atoms with Crippen molar-refractivity contribution in [3.8, 4) is 11.5 Å². The Morgan fingerprint density at radius 1 is 0.864 bits per heavy atom. The molecule has 1 heterocycles. The van der Waals surface area contributed by atoms with Crippen LogP contribution in [0.15, 0.2) is 78.9 Å². The molecule has 0 saturated carbocycles. The molecule has 1 aliphatic heterocycles. The molecule has 2 atom stereocenters. The summed E-state index contributed by atoms with van der Waals surface area (Å²) in [4.78, 5) is 53.4. The number of amides is 4. The van der Waals surface area contributed by atoms with Crippen LogP contribution < -0.4 is 30.7 Å². The summed E-state index contributed by atoms with van der Waals surface area (Å²) in [5.41, 5.74) is 1.96. The van der Waals surface area contributed by atoms with Gasteiger partial charge in [0.15, 0.2) is 0 Å². The number of carbonyl (C=O) groups excluding carboxylic acids is 4. The summed E-state index contributed by atoms with van der Waals surface area (Å²) >= 11 is 0. The van der Waals surface area contributed by atoms with Gasteiger partial charge in [0.2, 0.25) is 17.7 Å². The molecule has 4 N–H and O–H groups in total. The van der Waals surface area contributed by atoms with Crippen molar-refractivity contribution in [1.82, 2.24) is 21.3 Å². The minimum Gasteiger partial charge on any atom is -0.497 e. The zero-order valence-electron chi connectivity index (χ0n) is 25.0. The van der Waals surface area contributed by atoms with Crippen molar-refractivity contribution in [2.24, 2.45) is 0 Å². The first-order valence-corrected chi connectivity index (χ1v) is 15.0. The molecule has 3 aromatic carbocycles. The van der Waals surface area contributed by atoms with Crippen LogP contribution in [-0.2, 0) is 27.3 Å². The van der Waals surface area contributed by atoms with E-state index in [0.717, 1.165) is 36.8 Å². The summed E-state index contributed by atoms with van der Waals surface area (Å²) in [6.07, 6.45) is 3.27. The third kappa shape index (κ3) is 9.86. The molecule has 0 saturated heterocycles. The first kappa shape index (κ1) is 32.1. The molecule has 10 nitrogen and oxygen atoms in total. The summed E-state index contributed by atoms with van der Waals surface area (Å²) in [5.74, 6) is -0.841. The van der Waals surface area contributed by atoms with Crippen molar-refractivity contribution < 1.29 is 28.7 Å². The number of para-hydroxylation sites is 1. The van der Waals surface area contributed by atoms with E-state index in [0.29, 0.717) is 24.7 Å². The zero-order valence-corrected chi connectivity index (χ0v) is 25.0. The van der Waals surface area contributed by atoms with Crippen molar-refractivity contribution in [2.45, 2.75) is 57.2 Å². The van der Waals surface area contributed by atoms with Crippen molar-refractivity contribution in [1.29, 1.82) is 0 Å². The van der Waals surface area contributed by atoms with Crippen LogP contribution >= 0.6 is 0 Å². The second kappa shape index (κ2) is 16.7. The number of benzene rings is 3. The summed E-state index contributed by atoms with van der Waals surface area (Å²) in [6.45, 7) is 1.08. The number of ether oxygens (including phenoxy) is 2. The summed E-state index contributed by atoms with van der Waals surface area (Å²) < 4.78 is 11.1. The molecule has 0 bridgehead atoms. The van der Waals surface area contributed by atoms with Gasteiger partial charge in [0, 0.05) is 19.5 Å². The highest BCUT2D eigenvalue weighted by atomic mass is 16.5. The molecule has 4 rings (SSSR count). The van der Waals surface area contributed by atoms with Gasteiger partial charge in [-0.3, -0.25) is 19.2 Å². The number of rotatable bonds is 6. The van der Waals surface area contributed by atoms with E-state index >= 15 is 0 Å². The number of hydrogen-bond acceptors (Lipinski definition) is 6. The maximum atomic E-state index is 13.4. The van der Waals surface area contributed by atoms with E-state index in [1.54, 1.807) is 43.5 Å². The first-order valence-electron chi connectivity index (χ1n) is 15.0. The van der Waals surface area contributed by atoms with Crippen LogP contribution in [0.4, 0.5) is 0 Å². The summed E-state index contributed by atoms with van der Waals surface area (Å²) in [6, 6.07) is 21.3. The van der Waals surface area contributed by atoms with Crippen LogP contribution in [0.2, 0.25) is 0 Å². The van der Waals surface area contributed by atoms with Crippen LogP contribution in [0.1, 0.15) is 53.6 Å². The molecule has 0 aliphatic carbocycles. The lowest BCUT2D eigenvalue weighted by Crippen LogP contribution is -2.52. The Hall–Kier alpha value is -4.86. The Balaban J connectivity index is 1.55. The fourth-order valence-corrected chi connectivity index (χ4v) is 4.88. The molecule has 10 heteroatoms. The molecule has 232 valence electrons. The van der Waals surface area contributed by atoms with E-state index in [4.69, 9.17) is 9.47 Å². The molecule has 3 aromatic rings. The molecule has 4 amide bonds. The molecule has 0 radical (unpaired) electrons. The van der Waals surface area contributed by atoms with E-state index in [9.17, 15) is 19.2 Å². The van der Waals surface area contributed by atoms with Crippen LogP contribution in [0, 0.1) is 0 Å². The Morgan fingerprint density at radius 2 is 1.59 bits per heavy atom. The standard InChI is InChI=1S/C34H40N4O6/c1-43-26-17-15-25(16-18-26)23-36-34(42)29-22-31(39)37-28(21-24-11-5-4-6-12-24)33(41)35-19-9-2-3-10-20-44-30-14-8-7-13-27(30)32(40)38-29/h4-8,11-18,28-29H,2-3,9-10,19-23H2,1H3,(H,35,41)(H,36,42)(H,37,39)(H,38,40)/t28-,29-/m0/s1. The largest absolute Gasteiger partial charge is 0.497 e. The van der Waals surface area contributed by atoms with Gasteiger partial charge in [-0.15, -0.1) is 0 Å². The van der Waals surface area contributed by atoms with Crippen LogP contribution in [0.5, 0.6) is 11.5 Å². The van der Waals surface area contributed by atoms with Gasteiger partial charge in [-0.1, -0.05) is 67.4 Å². The smallest absolute Gasteiger partial charge is 0.255 e. The van der Waals surface area contributed by atoms with Crippen LogP contribution in [0.25, 0.3) is 0 Å². The van der Waals surface area contributed by atoms with Gasteiger partial charge in [-0.25, -0.2) is 0 Å². The van der Waals surface area contributed by atoms with Gasteiger partial charge in [0.05, 0.1) is 25.7 Å². The summed E-state index contributed by atoms with van der Waals surface area (Å²) in [5, 5.41) is 11.3. The predicted molar refractivity (Wildman–Crippen MR) is 166 cm³/mol. The van der Waals surface area contributed by atoms with E-state index < -0.39 is 29.8 Å². The Labute approximate surface area is 257 Å². The molecule has 0 spiro atoms. The average Bonchev–Trinajstić information content (AvgIpc) is 3.04. The molecule has 0 fully saturated rings. The SMILES string of the molecule is COc1ccc(CNC(=O)[C@@H]2CC(=O)N[C@@H](Cc3ccccc3)C(=O)NCCCCCCOc3ccccc3C(=O)N2)cc1. The minimum absolute atomic E-state index is 0.176. The Bertz CT molecular complexity index is 1400. The summed E-state index contributed by atoms with van der Waals surface area (Å²) in [7, 11) is 1.57. The van der Waals surface area contributed by atoms with Crippen molar-refractivity contribution in [3.63, 3.8) is 0 Å². The second-order valence-corrected chi connectivity index (χ2v) is 10.7. The third-order valence-corrected chi connectivity index (χ3v) is 7.33. The highest BCUT2D eigenvalue weighted by Crippen LogP contribution is 2.19. The van der Waals surface area contributed by atoms with Crippen molar-refractivity contribution in [3.05, 3.63) is 95.6 Å². The van der Waals surface area contributed by atoms with Crippen LogP contribution in [-0.4, -0.2) is 56.0 Å². The van der Waals surface area contributed by atoms with E-state index in [-0.39, 0.29) is 30.9 Å². The van der Waals surface area contributed by atoms with Gasteiger partial charge < -0.3 is 30.7 Å². The average molecular weight is 601 g/mol. The molecule has 44 heavy (non-hydrogen) atoms. The molecular weight excluding hydrogens is 560 g/mol. The molecule has 0 unspecified atom stereocenters. The lowest BCUT2D eigenvalue weighted by molar-refractivity contribution is -0.131. The number of carbonyl (C=O) groups is 4. The van der Waals surface area contributed by atoms with Gasteiger partial charge >= 0.3 is 0 Å². The lowest BCUT2D eigenvalue weighted by atomic mass is 10.0. The quantitative estimate of drug-likeness (QED) is 0.343. The topological polar surface area (TPSA) is 135 Å². The number of nitrogens with one attached hydrogen (secondary N) is 4. The Kier molecular flexibility index (Phi) is 12.2. The zero-order chi connectivity index (χ0) is 31.1. The molecule has 0 aromatic heterocycles. The van der Waals surface area contributed by atoms with E-state index in [1.807, 2.05) is 42.5 Å². The second-order valence-electron chi connectivity index (χ2n) is 10.7. The predicted octanol–water partition coefficient (Wildman–Crippen LogP) is 3.30. The lowest BCUT2D eigenvalue weighted by Gasteiger charge is -2.22. The van der Waals surface area contributed by atoms with Gasteiger partial charge in [0.25, 0.3) is 5.91 Å². The maximum absolute atomic E-state index is 13.4. The van der Waals surface area contributed by atoms with Crippen molar-refractivity contribution >= 4 is 23.6 Å². The highest BCUT2D eigenvalue weighted by Gasteiger charge is 2.28. The molecule has 1 aliphatic rings. The number of hydrogen-bond donors (Lipinski definition) is 4. The normalized spacial score (nSPS) is 18.6. The number of methoxy groups -OCH3 is 1. The Morgan fingerprint density at radius 3 is 2.36 bits per heavy atom. The van der Waals surface area contributed by atoms with Gasteiger partial charge in [-0.05, 0) is 48.2 Å². The van der Waals surface area contributed by atoms with Crippen molar-refractivity contribution in [2.75, 3.05) is 20.3 Å². The third-order valence-electron chi connectivity index (χ3n) is 7.33. The van der Waals surface area contributed by atoms with Gasteiger partial charge in [-0.2, -0.15) is 0 Å². The fourth-order valence-electron chi connectivity index (χ4n) is 4.88. The van der Waals surface area contributed by atoms with E-state index in [1.165, 1.54) is 0 Å².